The van der Waals surface area contributed by atoms with Crippen LogP contribution in [0.1, 0.15) is 5.82 Å². The molecule has 0 aliphatic rings. The van der Waals surface area contributed by atoms with E-state index in [0.29, 0.717) is 12.3 Å². The van der Waals surface area contributed by atoms with Crippen molar-refractivity contribution >= 4 is 54.5 Å². The second kappa shape index (κ2) is 5.84. The zero-order chi connectivity index (χ0) is 14.1. The fourth-order valence-corrected chi connectivity index (χ4v) is 3.56. The van der Waals surface area contributed by atoms with Gasteiger partial charge in [-0.1, -0.05) is 15.9 Å². The quantitative estimate of drug-likeness (QED) is 0.579. The number of fused-ring (bicyclic) bond motifs is 1. The predicted molar refractivity (Wildman–Crippen MR) is 88.7 cm³/mol. The minimum absolute atomic E-state index is 0.533. The van der Waals surface area contributed by atoms with E-state index in [0.717, 1.165) is 31.5 Å². The van der Waals surface area contributed by atoms with E-state index < -0.39 is 0 Å². The van der Waals surface area contributed by atoms with Crippen LogP contribution < -0.4 is 0 Å². The molecule has 0 spiro atoms. The van der Waals surface area contributed by atoms with Crippen LogP contribution >= 0.6 is 43.5 Å². The lowest BCUT2D eigenvalue weighted by Crippen LogP contribution is -2.03. The average molecular weight is 416 g/mol. The number of imidazole rings is 1. The molecule has 0 saturated heterocycles. The van der Waals surface area contributed by atoms with Crippen molar-refractivity contribution < 1.29 is 0 Å². The largest absolute Gasteiger partial charge is 0.295 e. The van der Waals surface area contributed by atoms with Crippen molar-refractivity contribution in [3.63, 3.8) is 0 Å². The topological polar surface area (TPSA) is 30.7 Å². The van der Waals surface area contributed by atoms with Gasteiger partial charge in [0.2, 0.25) is 0 Å². The Hall–Kier alpha value is -0.910. The Bertz CT molecular complexity index is 770. The third kappa shape index (κ3) is 2.50. The molecular weight excluding hydrogens is 405 g/mol. The van der Waals surface area contributed by atoms with E-state index in [1.54, 1.807) is 12.4 Å². The molecule has 0 N–H and O–H groups in total. The number of alkyl halides is 1. The van der Waals surface area contributed by atoms with E-state index >= 15 is 0 Å². The van der Waals surface area contributed by atoms with Crippen LogP contribution in [0.15, 0.2) is 45.6 Å². The zero-order valence-electron chi connectivity index (χ0n) is 10.4. The Morgan fingerprint density at radius 3 is 2.80 bits per heavy atom. The lowest BCUT2D eigenvalue weighted by Gasteiger charge is -2.11. The fourth-order valence-electron chi connectivity index (χ4n) is 2.17. The van der Waals surface area contributed by atoms with Crippen LogP contribution in [0.25, 0.3) is 16.7 Å². The summed E-state index contributed by atoms with van der Waals surface area (Å²) in [4.78, 5) is 8.76. The Balaban J connectivity index is 2.30. The maximum Gasteiger partial charge on any atom is 0.115 e. The maximum absolute atomic E-state index is 5.90. The van der Waals surface area contributed by atoms with Crippen LogP contribution in [0.3, 0.4) is 0 Å². The van der Waals surface area contributed by atoms with Crippen LogP contribution in [0.4, 0.5) is 0 Å². The Morgan fingerprint density at radius 1 is 1.20 bits per heavy atom. The summed E-state index contributed by atoms with van der Waals surface area (Å²) in [6.07, 6.45) is 4.26. The van der Waals surface area contributed by atoms with E-state index in [9.17, 15) is 0 Å². The second-order valence-corrected chi connectivity index (χ2v) is 6.41. The van der Waals surface area contributed by atoms with Crippen LogP contribution in [0.2, 0.25) is 0 Å². The maximum atomic E-state index is 5.90. The van der Waals surface area contributed by atoms with Crippen molar-refractivity contribution in [3.8, 4) is 5.69 Å². The van der Waals surface area contributed by atoms with E-state index in [-0.39, 0.29) is 0 Å². The smallest absolute Gasteiger partial charge is 0.115 e. The first-order chi connectivity index (χ1) is 9.70. The van der Waals surface area contributed by atoms with Gasteiger partial charge in [-0.05, 0) is 40.2 Å². The number of aryl methyl sites for hydroxylation is 1. The fraction of sp³-hybridized carbons (Fsp3) is 0.143. The highest BCUT2D eigenvalue weighted by Crippen LogP contribution is 2.29. The number of pyridine rings is 1. The molecule has 1 aromatic carbocycles. The third-order valence-electron chi connectivity index (χ3n) is 2.99. The molecule has 3 rings (SSSR count). The molecule has 102 valence electrons. The molecule has 0 atom stereocenters. The number of benzene rings is 1. The van der Waals surface area contributed by atoms with Gasteiger partial charge in [0.05, 0.1) is 17.4 Å². The molecule has 0 aliphatic carbocycles. The molecule has 0 unspecified atom stereocenters. The summed E-state index contributed by atoms with van der Waals surface area (Å²) < 4.78 is 4.15. The van der Waals surface area contributed by atoms with Crippen LogP contribution in [-0.2, 0) is 6.42 Å². The summed E-state index contributed by atoms with van der Waals surface area (Å²) in [6, 6.07) is 8.05. The molecule has 0 radical (unpaired) electrons. The summed E-state index contributed by atoms with van der Waals surface area (Å²) in [7, 11) is 0. The summed E-state index contributed by atoms with van der Waals surface area (Å²) in [6.45, 7) is 0. The van der Waals surface area contributed by atoms with Crippen molar-refractivity contribution in [3.05, 3.63) is 51.4 Å². The van der Waals surface area contributed by atoms with Crippen molar-refractivity contribution in [1.82, 2.24) is 14.5 Å². The molecule has 6 heteroatoms. The molecule has 0 bridgehead atoms. The monoisotopic (exact) mass is 413 g/mol. The molecule has 0 aliphatic heterocycles. The molecule has 20 heavy (non-hydrogen) atoms. The third-order valence-corrected chi connectivity index (χ3v) is 4.31. The van der Waals surface area contributed by atoms with Gasteiger partial charge in [0.25, 0.3) is 0 Å². The first-order valence-electron chi connectivity index (χ1n) is 6.03. The number of aromatic nitrogens is 3. The minimum atomic E-state index is 0.533. The number of rotatable bonds is 3. The molecule has 0 amide bonds. The number of halogens is 3. The van der Waals surface area contributed by atoms with Crippen molar-refractivity contribution in [1.29, 1.82) is 0 Å². The highest BCUT2D eigenvalue weighted by Gasteiger charge is 2.14. The lowest BCUT2D eigenvalue weighted by molar-refractivity contribution is 0.909. The summed E-state index contributed by atoms with van der Waals surface area (Å²) >= 11 is 13.0. The molecule has 0 saturated carbocycles. The van der Waals surface area contributed by atoms with Gasteiger partial charge in [0.15, 0.2) is 0 Å². The summed E-state index contributed by atoms with van der Waals surface area (Å²) in [5, 5.41) is 0. The van der Waals surface area contributed by atoms with Crippen molar-refractivity contribution in [2.45, 2.75) is 6.42 Å². The molecule has 2 heterocycles. The van der Waals surface area contributed by atoms with E-state index in [1.807, 2.05) is 24.3 Å². The van der Waals surface area contributed by atoms with Gasteiger partial charge in [-0.15, -0.1) is 11.6 Å². The van der Waals surface area contributed by atoms with Crippen LogP contribution in [0, 0.1) is 0 Å². The minimum Gasteiger partial charge on any atom is -0.295 e. The highest BCUT2D eigenvalue weighted by atomic mass is 79.9. The normalized spacial score (nSPS) is 11.2. The van der Waals surface area contributed by atoms with Crippen molar-refractivity contribution in [2.24, 2.45) is 0 Å². The van der Waals surface area contributed by atoms with Gasteiger partial charge in [-0.2, -0.15) is 0 Å². The number of hydrogen-bond donors (Lipinski definition) is 0. The Morgan fingerprint density at radius 2 is 2.05 bits per heavy atom. The second-order valence-electron chi connectivity index (χ2n) is 4.26. The van der Waals surface area contributed by atoms with Crippen molar-refractivity contribution in [2.75, 3.05) is 5.88 Å². The molecule has 0 fully saturated rings. The van der Waals surface area contributed by atoms with Gasteiger partial charge < -0.3 is 0 Å². The summed E-state index contributed by atoms with van der Waals surface area (Å²) in [5.41, 5.74) is 2.95. The average Bonchev–Trinajstić information content (AvgIpc) is 2.78. The molecule has 3 aromatic rings. The standard InChI is InChI=1S/C14H10Br2ClN3/c15-9-1-2-12(10(16)7-9)20-13-4-6-18-8-11(13)19-14(20)3-5-17/h1-2,4,6-8H,3,5H2. The molecule has 3 nitrogen and oxygen atoms in total. The highest BCUT2D eigenvalue weighted by molar-refractivity contribution is 9.11. The van der Waals surface area contributed by atoms with Crippen LogP contribution in [0.5, 0.6) is 0 Å². The van der Waals surface area contributed by atoms with Gasteiger partial charge in [-0.25, -0.2) is 4.98 Å². The molecule has 2 aromatic heterocycles. The first-order valence-corrected chi connectivity index (χ1v) is 8.15. The Labute approximate surface area is 138 Å². The van der Waals surface area contributed by atoms with E-state index in [4.69, 9.17) is 11.6 Å². The predicted octanol–water partition coefficient (Wildman–Crippen LogP) is 4.73. The van der Waals surface area contributed by atoms with E-state index in [2.05, 4.69) is 46.4 Å². The van der Waals surface area contributed by atoms with Gasteiger partial charge in [0, 0.05) is 27.4 Å². The number of hydrogen-bond acceptors (Lipinski definition) is 2. The lowest BCUT2D eigenvalue weighted by atomic mass is 10.3. The summed E-state index contributed by atoms with van der Waals surface area (Å²) in [5.74, 6) is 1.47. The first kappa shape index (κ1) is 14.0. The Kier molecular flexibility index (Phi) is 4.10. The van der Waals surface area contributed by atoms with E-state index in [1.165, 1.54) is 0 Å². The van der Waals surface area contributed by atoms with Gasteiger partial charge in [0.1, 0.15) is 11.3 Å². The van der Waals surface area contributed by atoms with Gasteiger partial charge in [-0.3, -0.25) is 9.55 Å². The SMILES string of the molecule is ClCCc1nc2cnccc2n1-c1ccc(Br)cc1Br. The zero-order valence-corrected chi connectivity index (χ0v) is 14.3. The molecular formula is C14H10Br2ClN3. The number of nitrogens with zero attached hydrogens (tertiary/aromatic N) is 3. The van der Waals surface area contributed by atoms with Crippen LogP contribution in [-0.4, -0.2) is 20.4 Å². The van der Waals surface area contributed by atoms with Gasteiger partial charge >= 0.3 is 0 Å².